The summed E-state index contributed by atoms with van der Waals surface area (Å²) in [6.07, 6.45) is 2.55. The zero-order valence-electron chi connectivity index (χ0n) is 12.8. The van der Waals surface area contributed by atoms with Crippen LogP contribution in [0.3, 0.4) is 0 Å². The van der Waals surface area contributed by atoms with E-state index >= 15 is 0 Å². The number of thioether (sulfide) groups is 1. The fourth-order valence-electron chi connectivity index (χ4n) is 3.01. The monoisotopic (exact) mass is 324 g/mol. The third kappa shape index (κ3) is 2.97. The molecule has 4 heterocycles. The van der Waals surface area contributed by atoms with E-state index in [1.54, 1.807) is 4.90 Å². The predicted octanol–water partition coefficient (Wildman–Crippen LogP) is 0.803. The topological polar surface area (TPSA) is 79.5 Å². The van der Waals surface area contributed by atoms with Gasteiger partial charge in [0.25, 0.3) is 5.22 Å². The average molecular weight is 324 g/mol. The maximum absolute atomic E-state index is 12.4. The molecule has 3 aliphatic rings. The number of likely N-dealkylation sites (N-methyl/N-ethyl adjacent to an activating group) is 1. The summed E-state index contributed by atoms with van der Waals surface area (Å²) in [7, 11) is 1.84. The molecule has 0 aliphatic carbocycles. The van der Waals surface area contributed by atoms with Gasteiger partial charge in [-0.25, -0.2) is 0 Å². The van der Waals surface area contributed by atoms with Crippen LogP contribution in [0, 0.1) is 5.92 Å². The van der Waals surface area contributed by atoms with Crippen LogP contribution in [0.2, 0.25) is 0 Å². The van der Waals surface area contributed by atoms with Crippen molar-refractivity contribution in [2.75, 3.05) is 25.9 Å². The van der Waals surface area contributed by atoms with Crippen molar-refractivity contribution < 1.29 is 14.0 Å². The number of amides is 2. The molecule has 0 saturated carbocycles. The van der Waals surface area contributed by atoms with Gasteiger partial charge in [0.1, 0.15) is 0 Å². The van der Waals surface area contributed by atoms with Gasteiger partial charge in [-0.1, -0.05) is 18.7 Å². The Morgan fingerprint density at radius 2 is 2.18 bits per heavy atom. The molecular weight excluding hydrogens is 304 g/mol. The fraction of sp³-hybridized carbons (Fsp3) is 0.714. The molecule has 7 nitrogen and oxygen atoms in total. The average Bonchev–Trinajstić information content (AvgIpc) is 2.82. The first-order valence-electron chi connectivity index (χ1n) is 7.58. The Hall–Kier alpha value is -1.57. The maximum Gasteiger partial charge on any atom is 0.277 e. The molecule has 2 bridgehead atoms. The van der Waals surface area contributed by atoms with Crippen molar-refractivity contribution in [1.29, 1.82) is 0 Å². The highest BCUT2D eigenvalue weighted by Gasteiger charge is 2.40. The van der Waals surface area contributed by atoms with E-state index in [0.29, 0.717) is 30.6 Å². The molecule has 22 heavy (non-hydrogen) atoms. The van der Waals surface area contributed by atoms with Gasteiger partial charge in [0, 0.05) is 32.6 Å². The lowest BCUT2D eigenvalue weighted by molar-refractivity contribution is -0.138. The van der Waals surface area contributed by atoms with Crippen molar-refractivity contribution in [3.05, 3.63) is 5.89 Å². The van der Waals surface area contributed by atoms with Crippen molar-refractivity contribution in [1.82, 2.24) is 20.0 Å². The Kier molecular flexibility index (Phi) is 4.37. The van der Waals surface area contributed by atoms with Crippen molar-refractivity contribution >= 4 is 23.6 Å². The molecule has 3 fully saturated rings. The second-order valence-electron chi connectivity index (χ2n) is 5.78. The van der Waals surface area contributed by atoms with Crippen LogP contribution in [0.15, 0.2) is 9.64 Å². The fourth-order valence-corrected chi connectivity index (χ4v) is 3.70. The highest BCUT2D eigenvalue weighted by atomic mass is 32.2. The molecule has 0 aromatic carbocycles. The number of carbonyl (C=O) groups excluding carboxylic acids is 2. The van der Waals surface area contributed by atoms with Crippen LogP contribution in [0.4, 0.5) is 0 Å². The Bertz CT molecular complexity index is 576. The molecule has 0 unspecified atom stereocenters. The summed E-state index contributed by atoms with van der Waals surface area (Å²) in [5, 5.41) is 8.21. The third-order valence-corrected chi connectivity index (χ3v) is 5.19. The zero-order chi connectivity index (χ0) is 15.7. The van der Waals surface area contributed by atoms with E-state index in [1.165, 1.54) is 11.8 Å². The van der Waals surface area contributed by atoms with Crippen LogP contribution in [-0.2, 0) is 16.0 Å². The van der Waals surface area contributed by atoms with E-state index in [4.69, 9.17) is 4.42 Å². The second kappa shape index (κ2) is 6.28. The quantitative estimate of drug-likeness (QED) is 0.762. The van der Waals surface area contributed by atoms with Gasteiger partial charge in [-0.2, -0.15) is 0 Å². The molecule has 120 valence electrons. The van der Waals surface area contributed by atoms with Crippen molar-refractivity contribution in [2.24, 2.45) is 5.92 Å². The first-order chi connectivity index (χ1) is 10.6. The van der Waals surface area contributed by atoms with Gasteiger partial charge in [-0.15, -0.1) is 10.2 Å². The summed E-state index contributed by atoms with van der Waals surface area (Å²) in [6, 6.07) is 0.148. The van der Waals surface area contributed by atoms with E-state index < -0.39 is 0 Å². The molecule has 2 atom stereocenters. The number of carbonyl (C=O) groups is 2. The van der Waals surface area contributed by atoms with Gasteiger partial charge in [0.05, 0.1) is 11.7 Å². The molecule has 0 spiro atoms. The van der Waals surface area contributed by atoms with Gasteiger partial charge < -0.3 is 14.2 Å². The molecule has 0 N–H and O–H groups in total. The van der Waals surface area contributed by atoms with E-state index in [9.17, 15) is 9.59 Å². The van der Waals surface area contributed by atoms with Crippen LogP contribution in [0.5, 0.6) is 0 Å². The van der Waals surface area contributed by atoms with Crippen molar-refractivity contribution in [3.8, 4) is 0 Å². The Morgan fingerprint density at radius 1 is 1.36 bits per heavy atom. The Balaban J connectivity index is 1.59. The summed E-state index contributed by atoms with van der Waals surface area (Å²) in [5.74, 6) is 0.996. The van der Waals surface area contributed by atoms with Gasteiger partial charge in [-0.05, 0) is 12.8 Å². The Labute approximate surface area is 133 Å². The van der Waals surface area contributed by atoms with Crippen LogP contribution in [-0.4, -0.2) is 63.7 Å². The third-order valence-electron chi connectivity index (χ3n) is 4.39. The van der Waals surface area contributed by atoms with E-state index in [0.717, 1.165) is 12.8 Å². The molecule has 2 amide bonds. The number of aryl methyl sites for hydroxylation is 1. The minimum absolute atomic E-state index is 0.0289. The van der Waals surface area contributed by atoms with E-state index in [1.807, 2.05) is 18.9 Å². The Morgan fingerprint density at radius 3 is 2.91 bits per heavy atom. The number of hydrogen-bond donors (Lipinski definition) is 0. The second-order valence-corrected chi connectivity index (χ2v) is 6.71. The van der Waals surface area contributed by atoms with Crippen LogP contribution < -0.4 is 0 Å². The molecule has 8 heteroatoms. The predicted molar refractivity (Wildman–Crippen MR) is 80.3 cm³/mol. The SMILES string of the molecule is CCc1nnc(SCC(=O)N2C[C@H]3CC[C@@H](C2)N(C)C3=O)o1. The highest BCUT2D eigenvalue weighted by Crippen LogP contribution is 2.28. The minimum Gasteiger partial charge on any atom is -0.416 e. The van der Waals surface area contributed by atoms with Gasteiger partial charge >= 0.3 is 0 Å². The molecule has 4 rings (SSSR count). The van der Waals surface area contributed by atoms with Gasteiger partial charge in [0.2, 0.25) is 17.7 Å². The summed E-state index contributed by atoms with van der Waals surface area (Å²) >= 11 is 1.26. The molecule has 3 aliphatic heterocycles. The van der Waals surface area contributed by atoms with Gasteiger partial charge in [0.15, 0.2) is 0 Å². The lowest BCUT2D eigenvalue weighted by Crippen LogP contribution is -2.45. The number of nitrogens with zero attached hydrogens (tertiary/aromatic N) is 4. The number of rotatable bonds is 4. The summed E-state index contributed by atoms with van der Waals surface area (Å²) < 4.78 is 5.39. The molecular formula is C14H20N4O3S. The highest BCUT2D eigenvalue weighted by molar-refractivity contribution is 7.99. The summed E-state index contributed by atoms with van der Waals surface area (Å²) in [4.78, 5) is 28.2. The van der Waals surface area contributed by atoms with E-state index in [-0.39, 0.29) is 29.5 Å². The normalized spacial score (nSPS) is 24.7. The lowest BCUT2D eigenvalue weighted by atomic mass is 9.95. The van der Waals surface area contributed by atoms with Crippen molar-refractivity contribution in [2.45, 2.75) is 37.5 Å². The molecule has 3 saturated heterocycles. The molecule has 1 aromatic rings. The first kappa shape index (κ1) is 15.3. The lowest BCUT2D eigenvalue weighted by Gasteiger charge is -2.32. The molecule has 1 aromatic heterocycles. The minimum atomic E-state index is -0.0483. The zero-order valence-corrected chi connectivity index (χ0v) is 13.6. The summed E-state index contributed by atoms with van der Waals surface area (Å²) in [6.45, 7) is 3.10. The van der Waals surface area contributed by atoms with Gasteiger partial charge in [-0.3, -0.25) is 9.59 Å². The number of piperidine rings is 1. The largest absolute Gasteiger partial charge is 0.416 e. The van der Waals surface area contributed by atoms with E-state index in [2.05, 4.69) is 10.2 Å². The van der Waals surface area contributed by atoms with Crippen LogP contribution in [0.25, 0.3) is 0 Å². The number of aromatic nitrogens is 2. The van der Waals surface area contributed by atoms with Crippen LogP contribution in [0.1, 0.15) is 25.7 Å². The van der Waals surface area contributed by atoms with Crippen LogP contribution >= 0.6 is 11.8 Å². The molecule has 0 radical (unpaired) electrons. The van der Waals surface area contributed by atoms with Crippen molar-refractivity contribution in [3.63, 3.8) is 0 Å². The number of hydrogen-bond acceptors (Lipinski definition) is 6. The number of fused-ring (bicyclic) bond motifs is 4. The summed E-state index contributed by atoms with van der Waals surface area (Å²) in [5.41, 5.74) is 0. The standard InChI is InChI=1S/C14H20N4O3S/c1-3-11-15-16-14(21-11)22-8-12(19)18-6-9-4-5-10(7-18)17(2)13(9)20/h9-10H,3-8H2,1-2H3/t9-,10+/m1/s1. The first-order valence-corrected chi connectivity index (χ1v) is 8.56. The smallest absolute Gasteiger partial charge is 0.277 e. The maximum atomic E-state index is 12.4.